The van der Waals surface area contributed by atoms with Crippen LogP contribution in [0.4, 0.5) is 0 Å². The van der Waals surface area contributed by atoms with Crippen LogP contribution in [-0.4, -0.2) is 54.9 Å². The minimum atomic E-state index is -0.315. The number of primary amides is 1. The maximum atomic E-state index is 12.7. The van der Waals surface area contributed by atoms with Gasteiger partial charge in [0.15, 0.2) is 0 Å². The van der Waals surface area contributed by atoms with Crippen molar-refractivity contribution >= 4 is 11.8 Å². The van der Waals surface area contributed by atoms with E-state index in [2.05, 4.69) is 0 Å². The van der Waals surface area contributed by atoms with Crippen molar-refractivity contribution in [3.8, 4) is 5.75 Å². The molecule has 0 spiro atoms. The van der Waals surface area contributed by atoms with Gasteiger partial charge in [-0.2, -0.15) is 0 Å². The molecular weight excluding hydrogens is 306 g/mol. The Labute approximate surface area is 143 Å². The molecule has 0 saturated carbocycles. The van der Waals surface area contributed by atoms with Crippen LogP contribution in [0.2, 0.25) is 0 Å². The first kappa shape index (κ1) is 18.3. The number of benzene rings is 1. The molecule has 0 unspecified atom stereocenters. The lowest BCUT2D eigenvalue weighted by Crippen LogP contribution is -2.50. The highest BCUT2D eigenvalue weighted by Crippen LogP contribution is 2.19. The lowest BCUT2D eigenvalue weighted by Gasteiger charge is -2.35. The molecule has 1 saturated heterocycles. The van der Waals surface area contributed by atoms with Crippen molar-refractivity contribution in [3.63, 3.8) is 0 Å². The number of nitrogens with two attached hydrogens (primary N) is 1. The topological polar surface area (TPSA) is 75.9 Å². The van der Waals surface area contributed by atoms with Gasteiger partial charge in [-0.15, -0.1) is 0 Å². The van der Waals surface area contributed by atoms with E-state index in [0.717, 1.165) is 24.2 Å². The third-order valence-electron chi connectivity index (χ3n) is 4.72. The van der Waals surface area contributed by atoms with Crippen molar-refractivity contribution in [1.82, 2.24) is 9.80 Å². The SMILES string of the molecule is COc1cccc(CN(C)[C@H](C)C(=O)N2CCC[C@H](C(N)=O)C2)c1. The number of methoxy groups -OCH3 is 1. The zero-order valence-electron chi connectivity index (χ0n) is 14.7. The molecule has 1 aliphatic rings. The molecule has 1 aromatic carbocycles. The number of carbonyl (C=O) groups excluding carboxylic acids is 2. The molecular formula is C18H27N3O3. The zero-order chi connectivity index (χ0) is 17.7. The zero-order valence-corrected chi connectivity index (χ0v) is 14.7. The standard InChI is InChI=1S/C18H27N3O3/c1-13(18(23)21-9-5-7-15(12-21)17(19)22)20(2)11-14-6-4-8-16(10-14)24-3/h4,6,8,10,13,15H,5,7,9,11-12H2,1-3H3,(H2,19,22)/t13-,15+/m1/s1. The third kappa shape index (κ3) is 4.47. The van der Waals surface area contributed by atoms with E-state index in [1.54, 1.807) is 12.0 Å². The number of amides is 2. The van der Waals surface area contributed by atoms with E-state index >= 15 is 0 Å². The number of carbonyl (C=O) groups is 2. The number of hydrogen-bond acceptors (Lipinski definition) is 4. The summed E-state index contributed by atoms with van der Waals surface area (Å²) in [5, 5.41) is 0. The summed E-state index contributed by atoms with van der Waals surface area (Å²) < 4.78 is 5.24. The summed E-state index contributed by atoms with van der Waals surface area (Å²) >= 11 is 0. The van der Waals surface area contributed by atoms with Gasteiger partial charge < -0.3 is 15.4 Å². The predicted molar refractivity (Wildman–Crippen MR) is 92.4 cm³/mol. The number of rotatable bonds is 6. The smallest absolute Gasteiger partial charge is 0.239 e. The average Bonchev–Trinajstić information content (AvgIpc) is 2.60. The number of likely N-dealkylation sites (tertiary alicyclic amines) is 1. The highest BCUT2D eigenvalue weighted by atomic mass is 16.5. The quantitative estimate of drug-likeness (QED) is 0.850. The molecule has 0 aliphatic carbocycles. The normalized spacial score (nSPS) is 19.2. The summed E-state index contributed by atoms with van der Waals surface area (Å²) in [4.78, 5) is 27.9. The Morgan fingerprint density at radius 1 is 1.46 bits per heavy atom. The van der Waals surface area contributed by atoms with Crippen LogP contribution in [0.25, 0.3) is 0 Å². The second-order valence-electron chi connectivity index (χ2n) is 6.47. The van der Waals surface area contributed by atoms with Gasteiger partial charge in [0.05, 0.1) is 19.1 Å². The van der Waals surface area contributed by atoms with E-state index in [0.29, 0.717) is 19.6 Å². The monoisotopic (exact) mass is 333 g/mol. The van der Waals surface area contributed by atoms with Gasteiger partial charge in [-0.1, -0.05) is 12.1 Å². The van der Waals surface area contributed by atoms with Gasteiger partial charge in [-0.25, -0.2) is 0 Å². The van der Waals surface area contributed by atoms with Gasteiger partial charge in [0, 0.05) is 19.6 Å². The molecule has 2 rings (SSSR count). The van der Waals surface area contributed by atoms with E-state index in [9.17, 15) is 9.59 Å². The minimum absolute atomic E-state index is 0.0475. The summed E-state index contributed by atoms with van der Waals surface area (Å²) in [6.45, 7) is 3.68. The highest BCUT2D eigenvalue weighted by Gasteiger charge is 2.30. The molecule has 0 bridgehead atoms. The van der Waals surface area contributed by atoms with Gasteiger partial charge in [-0.3, -0.25) is 14.5 Å². The number of piperidine rings is 1. The van der Waals surface area contributed by atoms with Crippen LogP contribution < -0.4 is 10.5 Å². The molecule has 1 aliphatic heterocycles. The fourth-order valence-electron chi connectivity index (χ4n) is 3.06. The first-order chi connectivity index (χ1) is 11.4. The maximum absolute atomic E-state index is 12.7. The number of hydrogen-bond donors (Lipinski definition) is 1. The Morgan fingerprint density at radius 2 is 2.21 bits per heavy atom. The summed E-state index contributed by atoms with van der Waals surface area (Å²) in [5.41, 5.74) is 6.48. The first-order valence-corrected chi connectivity index (χ1v) is 8.33. The molecule has 1 heterocycles. The third-order valence-corrected chi connectivity index (χ3v) is 4.72. The second kappa shape index (κ2) is 8.15. The molecule has 0 aromatic heterocycles. The molecule has 6 heteroatoms. The van der Waals surface area contributed by atoms with Gasteiger partial charge in [-0.05, 0) is 44.5 Å². The van der Waals surface area contributed by atoms with Crippen LogP contribution in [0.3, 0.4) is 0 Å². The molecule has 1 aromatic rings. The van der Waals surface area contributed by atoms with E-state index in [-0.39, 0.29) is 23.8 Å². The molecule has 1 fully saturated rings. The average molecular weight is 333 g/mol. The number of nitrogens with zero attached hydrogens (tertiary/aromatic N) is 2. The van der Waals surface area contributed by atoms with Crippen LogP contribution >= 0.6 is 0 Å². The lowest BCUT2D eigenvalue weighted by atomic mass is 9.97. The molecule has 2 N–H and O–H groups in total. The molecule has 6 nitrogen and oxygen atoms in total. The van der Waals surface area contributed by atoms with Gasteiger partial charge in [0.1, 0.15) is 5.75 Å². The van der Waals surface area contributed by atoms with Gasteiger partial charge >= 0.3 is 0 Å². The Hall–Kier alpha value is -2.08. The van der Waals surface area contributed by atoms with E-state index in [4.69, 9.17) is 10.5 Å². The van der Waals surface area contributed by atoms with Crippen molar-refractivity contribution in [2.75, 3.05) is 27.2 Å². The van der Waals surface area contributed by atoms with Crippen molar-refractivity contribution in [2.45, 2.75) is 32.4 Å². The van der Waals surface area contributed by atoms with Crippen molar-refractivity contribution in [3.05, 3.63) is 29.8 Å². The molecule has 24 heavy (non-hydrogen) atoms. The summed E-state index contributed by atoms with van der Waals surface area (Å²) in [5.74, 6) is 0.315. The van der Waals surface area contributed by atoms with Crippen LogP contribution in [-0.2, 0) is 16.1 Å². The highest BCUT2D eigenvalue weighted by molar-refractivity contribution is 5.83. The Kier molecular flexibility index (Phi) is 6.20. The second-order valence-corrected chi connectivity index (χ2v) is 6.47. The molecule has 132 valence electrons. The number of ether oxygens (including phenoxy) is 1. The predicted octanol–water partition coefficient (Wildman–Crippen LogP) is 1.24. The minimum Gasteiger partial charge on any atom is -0.497 e. The van der Waals surface area contributed by atoms with Crippen molar-refractivity contribution < 1.29 is 14.3 Å². The number of likely N-dealkylation sites (N-methyl/N-ethyl adjacent to an activating group) is 1. The summed E-state index contributed by atoms with van der Waals surface area (Å²) in [6.07, 6.45) is 1.60. The van der Waals surface area contributed by atoms with E-state index in [1.807, 2.05) is 43.1 Å². The lowest BCUT2D eigenvalue weighted by molar-refractivity contribution is -0.139. The summed E-state index contributed by atoms with van der Waals surface area (Å²) in [6, 6.07) is 7.56. The Bertz CT molecular complexity index is 591. The molecule has 0 radical (unpaired) electrons. The Morgan fingerprint density at radius 3 is 2.88 bits per heavy atom. The van der Waals surface area contributed by atoms with E-state index < -0.39 is 0 Å². The fraction of sp³-hybridized carbons (Fsp3) is 0.556. The van der Waals surface area contributed by atoms with E-state index in [1.165, 1.54) is 0 Å². The molecule has 2 amide bonds. The van der Waals surface area contributed by atoms with Crippen LogP contribution in [0.1, 0.15) is 25.3 Å². The first-order valence-electron chi connectivity index (χ1n) is 8.33. The van der Waals surface area contributed by atoms with Crippen molar-refractivity contribution in [1.29, 1.82) is 0 Å². The summed E-state index contributed by atoms with van der Waals surface area (Å²) in [7, 11) is 3.57. The van der Waals surface area contributed by atoms with Gasteiger partial charge in [0.25, 0.3) is 0 Å². The van der Waals surface area contributed by atoms with Crippen LogP contribution in [0.15, 0.2) is 24.3 Å². The Balaban J connectivity index is 1.97. The molecule has 2 atom stereocenters. The van der Waals surface area contributed by atoms with Gasteiger partial charge in [0.2, 0.25) is 11.8 Å². The van der Waals surface area contributed by atoms with Crippen molar-refractivity contribution in [2.24, 2.45) is 11.7 Å². The van der Waals surface area contributed by atoms with Crippen LogP contribution in [0, 0.1) is 5.92 Å². The van der Waals surface area contributed by atoms with Crippen LogP contribution in [0.5, 0.6) is 5.75 Å². The largest absolute Gasteiger partial charge is 0.497 e. The maximum Gasteiger partial charge on any atom is 0.239 e. The fourth-order valence-corrected chi connectivity index (χ4v) is 3.06.